The molecule has 0 bridgehead atoms. The predicted octanol–water partition coefficient (Wildman–Crippen LogP) is 4.26. The molecule has 9 heteroatoms. The first-order valence-corrected chi connectivity index (χ1v) is 12.5. The fourth-order valence-corrected chi connectivity index (χ4v) is 5.83. The monoisotopic (exact) mass is 484 g/mol. The average molecular weight is 485 g/mol. The van der Waals surface area contributed by atoms with Gasteiger partial charge in [0.25, 0.3) is 5.56 Å². The lowest BCUT2D eigenvalue weighted by Gasteiger charge is -2.21. The molecular formula is C26H24N6O2S. The minimum atomic E-state index is -0.193. The van der Waals surface area contributed by atoms with Crippen molar-refractivity contribution >= 4 is 44.2 Å². The summed E-state index contributed by atoms with van der Waals surface area (Å²) in [7, 11) is 0. The Morgan fingerprint density at radius 1 is 1.09 bits per heavy atom. The van der Waals surface area contributed by atoms with E-state index in [-0.39, 0.29) is 18.0 Å². The molecule has 176 valence electrons. The smallest absolute Gasteiger partial charge is 0.261 e. The maximum atomic E-state index is 13.3. The van der Waals surface area contributed by atoms with Gasteiger partial charge in [0.1, 0.15) is 11.6 Å². The Balaban J connectivity index is 1.44. The van der Waals surface area contributed by atoms with Gasteiger partial charge in [0.2, 0.25) is 11.0 Å². The summed E-state index contributed by atoms with van der Waals surface area (Å²) < 4.78 is 3.71. The first kappa shape index (κ1) is 21.7. The van der Waals surface area contributed by atoms with Crippen molar-refractivity contribution in [2.24, 2.45) is 5.92 Å². The van der Waals surface area contributed by atoms with Crippen LogP contribution >= 0.6 is 11.3 Å². The van der Waals surface area contributed by atoms with Crippen LogP contribution in [0.3, 0.4) is 0 Å². The molecule has 1 aliphatic rings. The summed E-state index contributed by atoms with van der Waals surface area (Å²) in [5, 5.41) is 14.3. The lowest BCUT2D eigenvalue weighted by molar-refractivity contribution is -0.116. The molecule has 0 saturated carbocycles. The third-order valence-electron chi connectivity index (χ3n) is 6.33. The van der Waals surface area contributed by atoms with Crippen molar-refractivity contribution in [2.75, 3.05) is 5.32 Å². The van der Waals surface area contributed by atoms with Gasteiger partial charge < -0.3 is 4.57 Å². The lowest BCUT2D eigenvalue weighted by atomic mass is 10.0. The van der Waals surface area contributed by atoms with Gasteiger partial charge in [-0.05, 0) is 36.1 Å². The van der Waals surface area contributed by atoms with Gasteiger partial charge in [-0.2, -0.15) is 0 Å². The molecule has 0 spiro atoms. The molecule has 0 aliphatic carbocycles. The molecule has 1 N–H and O–H groups in total. The molecule has 6 rings (SSSR count). The zero-order valence-electron chi connectivity index (χ0n) is 19.5. The molecule has 0 saturated heterocycles. The van der Waals surface area contributed by atoms with Crippen LogP contribution in [0.4, 0.5) is 5.13 Å². The maximum Gasteiger partial charge on any atom is 0.261 e. The van der Waals surface area contributed by atoms with Crippen LogP contribution in [0.1, 0.15) is 24.4 Å². The van der Waals surface area contributed by atoms with Gasteiger partial charge in [0.15, 0.2) is 5.82 Å². The Labute approximate surface area is 205 Å². The Morgan fingerprint density at radius 2 is 1.86 bits per heavy atom. The Morgan fingerprint density at radius 3 is 2.69 bits per heavy atom. The van der Waals surface area contributed by atoms with Crippen LogP contribution < -0.4 is 10.9 Å². The van der Waals surface area contributed by atoms with E-state index in [9.17, 15) is 9.59 Å². The number of benzene rings is 2. The standard InChI is InChI=1S/C26H24N6O2S/c1-15(2)13-22-29-30-26(35-22)28-21(33)14-32-20-10-6-4-7-16(20)17-11-12-31-24(23(17)32)27-19-9-5-3-8-18(19)25(31)34/h3-10,15H,11-14H2,1-2H3,(H,28,30,33). The highest BCUT2D eigenvalue weighted by atomic mass is 32.1. The van der Waals surface area contributed by atoms with Crippen LogP contribution in [-0.2, 0) is 30.7 Å². The number of carbonyl (C=O) groups is 1. The Bertz CT molecular complexity index is 1660. The molecule has 1 aliphatic heterocycles. The number of hydrogen-bond acceptors (Lipinski definition) is 6. The van der Waals surface area contributed by atoms with E-state index in [0.717, 1.165) is 33.6 Å². The van der Waals surface area contributed by atoms with Gasteiger partial charge in [-0.3, -0.25) is 19.5 Å². The van der Waals surface area contributed by atoms with Crippen molar-refractivity contribution in [2.45, 2.75) is 39.8 Å². The zero-order valence-corrected chi connectivity index (χ0v) is 20.3. The molecule has 5 aromatic rings. The van der Waals surface area contributed by atoms with Crippen LogP contribution in [0, 0.1) is 5.92 Å². The normalized spacial score (nSPS) is 12.8. The average Bonchev–Trinajstić information content (AvgIpc) is 3.41. The molecule has 0 unspecified atom stereocenters. The predicted molar refractivity (Wildman–Crippen MR) is 138 cm³/mol. The molecule has 0 fully saturated rings. The molecule has 3 aromatic heterocycles. The highest BCUT2D eigenvalue weighted by Crippen LogP contribution is 2.36. The van der Waals surface area contributed by atoms with E-state index < -0.39 is 0 Å². The second kappa shape index (κ2) is 8.42. The van der Waals surface area contributed by atoms with E-state index in [1.54, 1.807) is 4.57 Å². The number of carbonyl (C=O) groups excluding carboxylic acids is 1. The first-order chi connectivity index (χ1) is 17.0. The van der Waals surface area contributed by atoms with Crippen molar-refractivity contribution < 1.29 is 4.79 Å². The van der Waals surface area contributed by atoms with Crippen molar-refractivity contribution in [1.29, 1.82) is 0 Å². The van der Waals surface area contributed by atoms with E-state index in [2.05, 4.69) is 35.4 Å². The molecule has 1 amide bonds. The van der Waals surface area contributed by atoms with Crippen LogP contribution in [0.15, 0.2) is 53.3 Å². The summed E-state index contributed by atoms with van der Waals surface area (Å²) in [6.45, 7) is 4.89. The van der Waals surface area contributed by atoms with Crippen molar-refractivity contribution in [3.05, 3.63) is 69.5 Å². The maximum absolute atomic E-state index is 13.3. The topological polar surface area (TPSA) is 94.7 Å². The van der Waals surface area contributed by atoms with E-state index in [1.165, 1.54) is 11.3 Å². The largest absolute Gasteiger partial charge is 0.328 e. The quantitative estimate of drug-likeness (QED) is 0.402. The van der Waals surface area contributed by atoms with Crippen molar-refractivity contribution in [1.82, 2.24) is 24.3 Å². The number of rotatable bonds is 5. The van der Waals surface area contributed by atoms with Crippen molar-refractivity contribution in [3.63, 3.8) is 0 Å². The lowest BCUT2D eigenvalue weighted by Crippen LogP contribution is -2.29. The van der Waals surface area contributed by atoms with Crippen LogP contribution in [0.5, 0.6) is 0 Å². The minimum Gasteiger partial charge on any atom is -0.328 e. The summed E-state index contributed by atoms with van der Waals surface area (Å²) in [5.41, 5.74) is 3.49. The fraction of sp³-hybridized carbons (Fsp3) is 0.269. The second-order valence-electron chi connectivity index (χ2n) is 9.24. The van der Waals surface area contributed by atoms with E-state index in [1.807, 2.05) is 47.0 Å². The van der Waals surface area contributed by atoms with E-state index >= 15 is 0 Å². The number of anilines is 1. The number of amides is 1. The van der Waals surface area contributed by atoms with Gasteiger partial charge >= 0.3 is 0 Å². The number of hydrogen-bond donors (Lipinski definition) is 1. The van der Waals surface area contributed by atoms with Crippen molar-refractivity contribution in [3.8, 4) is 11.5 Å². The summed E-state index contributed by atoms with van der Waals surface area (Å²) >= 11 is 1.41. The Kier molecular flexibility index (Phi) is 5.21. The fourth-order valence-electron chi connectivity index (χ4n) is 4.87. The first-order valence-electron chi connectivity index (χ1n) is 11.7. The molecule has 0 atom stereocenters. The van der Waals surface area contributed by atoms with Gasteiger partial charge in [0, 0.05) is 23.9 Å². The third-order valence-corrected chi connectivity index (χ3v) is 7.19. The summed E-state index contributed by atoms with van der Waals surface area (Å²) in [6.07, 6.45) is 1.53. The molecule has 8 nitrogen and oxygen atoms in total. The summed E-state index contributed by atoms with van der Waals surface area (Å²) in [6, 6.07) is 15.5. The molecule has 2 aromatic carbocycles. The molecule has 4 heterocycles. The molecular weight excluding hydrogens is 460 g/mol. The number of para-hydroxylation sites is 2. The zero-order chi connectivity index (χ0) is 24.1. The number of nitrogens with zero attached hydrogens (tertiary/aromatic N) is 5. The SMILES string of the molecule is CC(C)Cc1nnc(NC(=O)Cn2c3c(c4ccccc42)CCn2c-3nc3ccccc3c2=O)s1. The number of fused-ring (bicyclic) bond motifs is 6. The highest BCUT2D eigenvalue weighted by Gasteiger charge is 2.28. The van der Waals surface area contributed by atoms with E-state index in [4.69, 9.17) is 4.98 Å². The van der Waals surface area contributed by atoms with Crippen LogP contribution in [-0.4, -0.2) is 30.2 Å². The van der Waals surface area contributed by atoms with Gasteiger partial charge in [-0.1, -0.05) is 55.5 Å². The van der Waals surface area contributed by atoms with Gasteiger partial charge in [-0.25, -0.2) is 4.98 Å². The number of aryl methyl sites for hydroxylation is 1. The summed E-state index contributed by atoms with van der Waals surface area (Å²) in [5.74, 6) is 0.881. The van der Waals surface area contributed by atoms with Gasteiger partial charge in [0.05, 0.1) is 16.6 Å². The third kappa shape index (κ3) is 3.72. The second-order valence-corrected chi connectivity index (χ2v) is 10.3. The van der Waals surface area contributed by atoms with Gasteiger partial charge in [-0.15, -0.1) is 10.2 Å². The molecule has 35 heavy (non-hydrogen) atoms. The highest BCUT2D eigenvalue weighted by molar-refractivity contribution is 7.15. The number of aromatic nitrogens is 5. The van der Waals surface area contributed by atoms with Crippen LogP contribution in [0.25, 0.3) is 33.3 Å². The molecule has 0 radical (unpaired) electrons. The Hall–Kier alpha value is -3.85. The van der Waals surface area contributed by atoms with E-state index in [0.29, 0.717) is 40.7 Å². The minimum absolute atomic E-state index is 0.0518. The number of nitrogens with one attached hydrogen (secondary N) is 1. The van der Waals surface area contributed by atoms with Crippen LogP contribution in [0.2, 0.25) is 0 Å². The summed E-state index contributed by atoms with van der Waals surface area (Å²) in [4.78, 5) is 31.3.